The lowest BCUT2D eigenvalue weighted by Gasteiger charge is -1.92. The fourth-order valence-electron chi connectivity index (χ4n) is 0.856. The minimum absolute atomic E-state index is 0.862. The first kappa shape index (κ1) is 7.73. The van der Waals surface area contributed by atoms with Crippen molar-refractivity contribution in [3.63, 3.8) is 0 Å². The van der Waals surface area contributed by atoms with Crippen LogP contribution in [0.1, 0.15) is 18.6 Å². The molecule has 55 valence electrons. The minimum Gasteiger partial charge on any atom is -0.469 e. The van der Waals surface area contributed by atoms with Crippen molar-refractivity contribution < 1.29 is 4.42 Å². The summed E-state index contributed by atoms with van der Waals surface area (Å²) < 4.78 is 5.15. The third kappa shape index (κ3) is 2.48. The molecule has 0 atom stereocenters. The van der Waals surface area contributed by atoms with Crippen molar-refractivity contribution in [2.24, 2.45) is 0 Å². The topological polar surface area (TPSA) is 13.1 Å². The summed E-state index contributed by atoms with van der Waals surface area (Å²) in [4.78, 5) is 0. The molecule has 0 spiro atoms. The highest BCUT2D eigenvalue weighted by Crippen LogP contribution is 2.05. The van der Waals surface area contributed by atoms with Crippen LogP contribution < -0.4 is 0 Å². The van der Waals surface area contributed by atoms with E-state index in [9.17, 15) is 0 Å². The molecule has 0 N–H and O–H groups in total. The quantitative estimate of drug-likeness (QED) is 0.609. The van der Waals surface area contributed by atoms with E-state index in [2.05, 4.69) is 0 Å². The van der Waals surface area contributed by atoms with E-state index in [1.165, 1.54) is 0 Å². The summed E-state index contributed by atoms with van der Waals surface area (Å²) in [6, 6.07) is 3.92. The highest BCUT2D eigenvalue weighted by Gasteiger charge is 1.93. The van der Waals surface area contributed by atoms with Crippen LogP contribution in [0, 0.1) is 0 Å². The van der Waals surface area contributed by atoms with Gasteiger partial charge in [-0.05, 0) is 25.0 Å². The van der Waals surface area contributed by atoms with Crippen molar-refractivity contribution in [2.75, 3.05) is 5.75 Å². The summed E-state index contributed by atoms with van der Waals surface area (Å²) in [5, 5.41) is 0. The molecule has 1 rings (SSSR count). The first-order chi connectivity index (χ1) is 4.93. The Morgan fingerprint density at radius 2 is 2.30 bits per heavy atom. The highest BCUT2D eigenvalue weighted by atomic mass is 32.1. The van der Waals surface area contributed by atoms with Crippen molar-refractivity contribution in [3.05, 3.63) is 24.2 Å². The molecule has 0 aliphatic heterocycles. The molecule has 10 heavy (non-hydrogen) atoms. The van der Waals surface area contributed by atoms with E-state index >= 15 is 0 Å². The van der Waals surface area contributed by atoms with Crippen molar-refractivity contribution in [1.29, 1.82) is 0 Å². The van der Waals surface area contributed by atoms with E-state index in [-0.39, 0.29) is 0 Å². The van der Waals surface area contributed by atoms with Gasteiger partial charge >= 0.3 is 0 Å². The van der Waals surface area contributed by atoms with Crippen LogP contribution in [0.4, 0.5) is 0 Å². The van der Waals surface area contributed by atoms with Crippen LogP contribution in [0.25, 0.3) is 0 Å². The van der Waals surface area contributed by atoms with Gasteiger partial charge in [0, 0.05) is 12.2 Å². The normalized spacial score (nSPS) is 10.1. The smallest absolute Gasteiger partial charge is 0.103 e. The monoisotopic (exact) mass is 155 g/mol. The van der Waals surface area contributed by atoms with Gasteiger partial charge in [0.25, 0.3) is 0 Å². The van der Waals surface area contributed by atoms with Crippen LogP contribution in [0.5, 0.6) is 0 Å². The SMILES string of the molecule is [S]CCCCc1ccco1. The van der Waals surface area contributed by atoms with Crippen LogP contribution in [0.3, 0.4) is 0 Å². The third-order valence-electron chi connectivity index (χ3n) is 1.40. The molecule has 1 radical (unpaired) electrons. The molecule has 1 aromatic rings. The highest BCUT2D eigenvalue weighted by molar-refractivity contribution is 7.80. The van der Waals surface area contributed by atoms with Crippen LogP contribution in [0.2, 0.25) is 0 Å². The zero-order valence-electron chi connectivity index (χ0n) is 5.88. The minimum atomic E-state index is 0.862. The molecule has 0 aromatic carbocycles. The maximum Gasteiger partial charge on any atom is 0.103 e. The van der Waals surface area contributed by atoms with Gasteiger partial charge in [-0.3, -0.25) is 0 Å². The molecule has 1 heterocycles. The van der Waals surface area contributed by atoms with Gasteiger partial charge in [0.15, 0.2) is 0 Å². The molecule has 0 unspecified atom stereocenters. The molecule has 0 aliphatic carbocycles. The van der Waals surface area contributed by atoms with E-state index in [1.54, 1.807) is 6.26 Å². The largest absolute Gasteiger partial charge is 0.469 e. The van der Waals surface area contributed by atoms with Crippen LogP contribution in [-0.4, -0.2) is 5.75 Å². The predicted molar refractivity (Wildman–Crippen MR) is 44.1 cm³/mol. The first-order valence-electron chi connectivity index (χ1n) is 3.54. The second kappa shape index (κ2) is 4.45. The lowest BCUT2D eigenvalue weighted by Crippen LogP contribution is -1.82. The van der Waals surface area contributed by atoms with Gasteiger partial charge in [0.05, 0.1) is 6.26 Å². The maximum atomic E-state index is 5.15. The summed E-state index contributed by atoms with van der Waals surface area (Å²) in [5.74, 6) is 1.93. The van der Waals surface area contributed by atoms with Crippen molar-refractivity contribution in [3.8, 4) is 0 Å². The second-order valence-electron chi connectivity index (χ2n) is 2.24. The molecule has 0 bridgehead atoms. The number of hydrogen-bond acceptors (Lipinski definition) is 1. The Kier molecular flexibility index (Phi) is 3.44. The second-order valence-corrected chi connectivity index (χ2v) is 2.65. The van der Waals surface area contributed by atoms with Crippen LogP contribution >= 0.6 is 12.6 Å². The number of rotatable bonds is 4. The van der Waals surface area contributed by atoms with E-state index in [0.717, 1.165) is 30.8 Å². The van der Waals surface area contributed by atoms with E-state index < -0.39 is 0 Å². The zero-order valence-corrected chi connectivity index (χ0v) is 6.69. The van der Waals surface area contributed by atoms with Crippen LogP contribution in [-0.2, 0) is 6.42 Å². The Morgan fingerprint density at radius 1 is 1.40 bits per heavy atom. The molecule has 0 saturated carbocycles. The maximum absolute atomic E-state index is 5.15. The van der Waals surface area contributed by atoms with E-state index in [1.807, 2.05) is 12.1 Å². The molecule has 0 fully saturated rings. The molecular weight excluding hydrogens is 144 g/mol. The Morgan fingerprint density at radius 3 is 2.90 bits per heavy atom. The fraction of sp³-hybridized carbons (Fsp3) is 0.500. The molecule has 2 heteroatoms. The molecule has 0 aliphatic rings. The average Bonchev–Trinajstić information content (AvgIpc) is 2.41. The van der Waals surface area contributed by atoms with Crippen molar-refractivity contribution >= 4 is 12.6 Å². The lowest BCUT2D eigenvalue weighted by atomic mass is 10.2. The summed E-state index contributed by atoms with van der Waals surface area (Å²) >= 11 is 4.82. The van der Waals surface area contributed by atoms with Gasteiger partial charge in [-0.15, -0.1) is 0 Å². The summed E-state index contributed by atoms with van der Waals surface area (Å²) in [6.45, 7) is 0. The molecule has 0 saturated heterocycles. The zero-order chi connectivity index (χ0) is 7.23. The Bertz CT molecular complexity index is 158. The van der Waals surface area contributed by atoms with Gasteiger partial charge in [-0.1, -0.05) is 12.6 Å². The van der Waals surface area contributed by atoms with Gasteiger partial charge in [0.2, 0.25) is 0 Å². The number of unbranched alkanes of at least 4 members (excludes halogenated alkanes) is 1. The van der Waals surface area contributed by atoms with Crippen LogP contribution in [0.15, 0.2) is 22.8 Å². The number of furan rings is 1. The van der Waals surface area contributed by atoms with Gasteiger partial charge < -0.3 is 4.42 Å². The number of hydrogen-bond donors (Lipinski definition) is 0. The van der Waals surface area contributed by atoms with Gasteiger partial charge in [-0.25, -0.2) is 0 Å². The molecule has 0 amide bonds. The summed E-state index contributed by atoms with van der Waals surface area (Å²) in [5.41, 5.74) is 0. The molecule has 1 aromatic heterocycles. The fourth-order valence-corrected chi connectivity index (χ4v) is 1.06. The van der Waals surface area contributed by atoms with Gasteiger partial charge in [-0.2, -0.15) is 0 Å². The average molecular weight is 155 g/mol. The third-order valence-corrected chi connectivity index (χ3v) is 1.69. The molecular formula is C8H11OS. The Hall–Kier alpha value is -0.370. The van der Waals surface area contributed by atoms with Crippen molar-refractivity contribution in [1.82, 2.24) is 0 Å². The number of aryl methyl sites for hydroxylation is 1. The lowest BCUT2D eigenvalue weighted by molar-refractivity contribution is 0.501. The van der Waals surface area contributed by atoms with Gasteiger partial charge in [0.1, 0.15) is 5.76 Å². The van der Waals surface area contributed by atoms with E-state index in [0.29, 0.717) is 0 Å². The van der Waals surface area contributed by atoms with E-state index in [4.69, 9.17) is 17.0 Å². The van der Waals surface area contributed by atoms with Crippen molar-refractivity contribution in [2.45, 2.75) is 19.3 Å². The summed E-state index contributed by atoms with van der Waals surface area (Å²) in [6.07, 6.45) is 5.01. The standard InChI is InChI=1S/C8H11OS/c10-7-2-1-4-8-5-3-6-9-8/h3,5-6H,1-2,4,7H2. The molecule has 1 nitrogen and oxygen atoms in total. The predicted octanol–water partition coefficient (Wildman–Crippen LogP) is 2.80. The Labute approximate surface area is 66.8 Å². The summed E-state index contributed by atoms with van der Waals surface area (Å²) in [7, 11) is 0. The first-order valence-corrected chi connectivity index (χ1v) is 4.11. The Balaban J connectivity index is 2.15.